The van der Waals surface area contributed by atoms with Crippen LogP contribution in [0.3, 0.4) is 0 Å². The highest BCUT2D eigenvalue weighted by Gasteiger charge is 2.15. The van der Waals surface area contributed by atoms with Gasteiger partial charge in [0.05, 0.1) is 28.6 Å². The van der Waals surface area contributed by atoms with Crippen LogP contribution in [0.1, 0.15) is 31.7 Å². The Bertz CT molecular complexity index is 403. The normalized spacial score (nSPS) is 12.8. The smallest absolute Gasteiger partial charge is 0.148 e. The molecular weight excluding hydrogens is 256 g/mol. The Hall–Kier alpha value is -0.480. The second-order valence-corrected chi connectivity index (χ2v) is 6.02. The third-order valence-corrected chi connectivity index (χ3v) is 4.61. The lowest BCUT2D eigenvalue weighted by Gasteiger charge is -2.07. The molecule has 0 saturated heterocycles. The monoisotopic (exact) mass is 274 g/mol. The van der Waals surface area contributed by atoms with Gasteiger partial charge in [0.1, 0.15) is 5.78 Å². The summed E-state index contributed by atoms with van der Waals surface area (Å²) in [5, 5.41) is 5.35. The van der Waals surface area contributed by atoms with Crippen LogP contribution in [0.5, 0.6) is 0 Å². The molecule has 0 aromatic carbocycles. The van der Waals surface area contributed by atoms with Crippen molar-refractivity contribution in [3.63, 3.8) is 0 Å². The highest BCUT2D eigenvalue weighted by molar-refractivity contribution is 8.00. The predicted octanol–water partition coefficient (Wildman–Crippen LogP) is 3.03. The average molecular weight is 275 g/mol. The summed E-state index contributed by atoms with van der Waals surface area (Å²) in [6, 6.07) is 0. The van der Waals surface area contributed by atoms with Gasteiger partial charge in [-0.3, -0.25) is 9.48 Å². The van der Waals surface area contributed by atoms with Crippen LogP contribution in [-0.2, 0) is 18.3 Å². The number of thioether (sulfide) groups is 1. The first-order valence-electron chi connectivity index (χ1n) is 5.77. The minimum absolute atomic E-state index is 0.209. The summed E-state index contributed by atoms with van der Waals surface area (Å²) >= 11 is 7.81. The number of aryl methyl sites for hydroxylation is 2. The van der Waals surface area contributed by atoms with E-state index < -0.39 is 0 Å². The molecule has 0 radical (unpaired) electrons. The van der Waals surface area contributed by atoms with Crippen molar-refractivity contribution in [3.8, 4) is 0 Å². The summed E-state index contributed by atoms with van der Waals surface area (Å²) in [5.41, 5.74) is 1.60. The molecule has 1 aromatic heterocycles. The summed E-state index contributed by atoms with van der Waals surface area (Å²) in [5.74, 6) is 0.760. The molecule has 3 nitrogen and oxygen atoms in total. The molecule has 0 bridgehead atoms. The Morgan fingerprint density at radius 3 is 2.71 bits per heavy atom. The lowest BCUT2D eigenvalue weighted by atomic mass is 10.2. The summed E-state index contributed by atoms with van der Waals surface area (Å²) in [7, 11) is 1.82. The molecule has 5 heteroatoms. The lowest BCUT2D eigenvalue weighted by Crippen LogP contribution is -2.11. The molecule has 1 aromatic rings. The first-order valence-corrected chi connectivity index (χ1v) is 7.19. The van der Waals surface area contributed by atoms with Crippen LogP contribution in [0, 0.1) is 6.92 Å². The second-order valence-electron chi connectivity index (χ2n) is 4.22. The van der Waals surface area contributed by atoms with Crippen LogP contribution in [0.4, 0.5) is 0 Å². The van der Waals surface area contributed by atoms with E-state index in [2.05, 4.69) is 18.9 Å². The molecule has 0 aliphatic carbocycles. The van der Waals surface area contributed by atoms with Crippen LogP contribution >= 0.6 is 23.4 Å². The van der Waals surface area contributed by atoms with Gasteiger partial charge in [-0.1, -0.05) is 25.4 Å². The Balaban J connectivity index is 2.56. The fourth-order valence-corrected chi connectivity index (χ4v) is 2.50. The van der Waals surface area contributed by atoms with Crippen LogP contribution in [-0.4, -0.2) is 26.6 Å². The molecule has 0 amide bonds. The summed E-state index contributed by atoms with van der Waals surface area (Å²) in [4.78, 5) is 11.8. The molecule has 1 heterocycles. The van der Waals surface area contributed by atoms with Crippen molar-refractivity contribution < 1.29 is 4.79 Å². The number of nitrogens with zero attached hydrogens (tertiary/aromatic N) is 2. The van der Waals surface area contributed by atoms with Gasteiger partial charge in [0.25, 0.3) is 0 Å². The van der Waals surface area contributed by atoms with Gasteiger partial charge in [-0.25, -0.2) is 0 Å². The lowest BCUT2D eigenvalue weighted by molar-refractivity contribution is -0.116. The molecule has 0 spiro atoms. The van der Waals surface area contributed by atoms with E-state index in [9.17, 15) is 4.79 Å². The average Bonchev–Trinajstić information content (AvgIpc) is 2.53. The zero-order valence-electron chi connectivity index (χ0n) is 10.8. The van der Waals surface area contributed by atoms with Crippen LogP contribution in [0.15, 0.2) is 0 Å². The van der Waals surface area contributed by atoms with E-state index in [1.807, 2.05) is 14.0 Å². The highest BCUT2D eigenvalue weighted by atomic mass is 35.5. The summed E-state index contributed by atoms with van der Waals surface area (Å²) in [6.07, 6.45) is 1.46. The largest absolute Gasteiger partial charge is 0.298 e. The molecule has 0 aliphatic heterocycles. The van der Waals surface area contributed by atoms with Crippen molar-refractivity contribution in [2.75, 3.05) is 5.75 Å². The van der Waals surface area contributed by atoms with E-state index in [0.717, 1.165) is 17.8 Å². The van der Waals surface area contributed by atoms with E-state index >= 15 is 0 Å². The van der Waals surface area contributed by atoms with Gasteiger partial charge in [-0.05, 0) is 13.3 Å². The molecule has 0 N–H and O–H groups in total. The number of Topliss-reactive ketones (excluding diaryl/α,β-unsaturated/α-hetero) is 1. The molecule has 1 unspecified atom stereocenters. The Morgan fingerprint density at radius 2 is 2.24 bits per heavy atom. The van der Waals surface area contributed by atoms with Gasteiger partial charge < -0.3 is 0 Å². The number of ketones is 1. The van der Waals surface area contributed by atoms with Gasteiger partial charge >= 0.3 is 0 Å². The Kier molecular flexibility index (Phi) is 5.53. The van der Waals surface area contributed by atoms with E-state index in [1.54, 1.807) is 16.4 Å². The molecule has 0 aliphatic rings. The van der Waals surface area contributed by atoms with Crippen molar-refractivity contribution in [1.82, 2.24) is 9.78 Å². The van der Waals surface area contributed by atoms with E-state index in [-0.39, 0.29) is 5.78 Å². The van der Waals surface area contributed by atoms with Crippen molar-refractivity contribution >= 4 is 29.1 Å². The third-order valence-electron chi connectivity index (χ3n) is 2.73. The van der Waals surface area contributed by atoms with Crippen molar-refractivity contribution in [3.05, 3.63) is 16.4 Å². The number of hydrogen-bond acceptors (Lipinski definition) is 3. The standard InChI is InChI=1S/C12H19ClN2OS/c1-5-8(2)17-7-10(16)6-11-12(13)9(3)14-15(11)4/h8H,5-7H2,1-4H3. The molecule has 0 fully saturated rings. The van der Waals surface area contributed by atoms with Gasteiger partial charge in [0.2, 0.25) is 0 Å². The molecule has 1 atom stereocenters. The Morgan fingerprint density at radius 1 is 1.59 bits per heavy atom. The van der Waals surface area contributed by atoms with Gasteiger partial charge in [-0.15, -0.1) is 0 Å². The minimum Gasteiger partial charge on any atom is -0.298 e. The quantitative estimate of drug-likeness (QED) is 0.800. The number of rotatable bonds is 6. The van der Waals surface area contributed by atoms with E-state index in [0.29, 0.717) is 22.4 Å². The van der Waals surface area contributed by atoms with Gasteiger partial charge in [0.15, 0.2) is 0 Å². The van der Waals surface area contributed by atoms with Gasteiger partial charge in [-0.2, -0.15) is 16.9 Å². The van der Waals surface area contributed by atoms with Gasteiger partial charge in [0, 0.05) is 12.3 Å². The topological polar surface area (TPSA) is 34.9 Å². The third kappa shape index (κ3) is 4.03. The second kappa shape index (κ2) is 6.45. The van der Waals surface area contributed by atoms with Crippen LogP contribution < -0.4 is 0 Å². The van der Waals surface area contributed by atoms with Crippen LogP contribution in [0.2, 0.25) is 5.02 Å². The van der Waals surface area contributed by atoms with Crippen LogP contribution in [0.25, 0.3) is 0 Å². The number of aromatic nitrogens is 2. The first kappa shape index (κ1) is 14.6. The number of halogens is 1. The number of hydrogen-bond donors (Lipinski definition) is 0. The molecular formula is C12H19ClN2OS. The van der Waals surface area contributed by atoms with Crippen molar-refractivity contribution in [2.24, 2.45) is 7.05 Å². The SMILES string of the molecule is CCC(C)SCC(=O)Cc1c(Cl)c(C)nn1C. The maximum absolute atomic E-state index is 11.8. The maximum atomic E-state index is 11.8. The van der Waals surface area contributed by atoms with E-state index in [1.165, 1.54) is 0 Å². The number of carbonyl (C=O) groups excluding carboxylic acids is 1. The maximum Gasteiger partial charge on any atom is 0.148 e. The summed E-state index contributed by atoms with van der Waals surface area (Å²) in [6.45, 7) is 6.12. The van der Waals surface area contributed by atoms with E-state index in [4.69, 9.17) is 11.6 Å². The fourth-order valence-electron chi connectivity index (χ4n) is 1.46. The summed E-state index contributed by atoms with van der Waals surface area (Å²) < 4.78 is 1.70. The highest BCUT2D eigenvalue weighted by Crippen LogP contribution is 2.21. The van der Waals surface area contributed by atoms with Crippen molar-refractivity contribution in [1.29, 1.82) is 0 Å². The minimum atomic E-state index is 0.209. The van der Waals surface area contributed by atoms with Crippen molar-refractivity contribution in [2.45, 2.75) is 38.9 Å². The first-order chi connectivity index (χ1) is 7.95. The molecule has 96 valence electrons. The predicted molar refractivity (Wildman–Crippen MR) is 73.9 cm³/mol. The number of carbonyl (C=O) groups is 1. The molecule has 0 saturated carbocycles. The molecule has 17 heavy (non-hydrogen) atoms. The fraction of sp³-hybridized carbons (Fsp3) is 0.667. The zero-order chi connectivity index (χ0) is 13.0. The molecule has 1 rings (SSSR count). The zero-order valence-corrected chi connectivity index (χ0v) is 12.4. The Labute approximate surface area is 112 Å².